The zero-order chi connectivity index (χ0) is 18.2. The minimum Gasteiger partial charge on any atom is -0.353 e. The molecule has 1 heterocycles. The average molecular weight is 354 g/mol. The number of amides is 2. The van der Waals surface area contributed by atoms with Gasteiger partial charge in [-0.3, -0.25) is 9.59 Å². The van der Waals surface area contributed by atoms with Gasteiger partial charge in [-0.25, -0.2) is 0 Å². The first-order valence-corrected chi connectivity index (χ1v) is 10.0. The predicted molar refractivity (Wildman–Crippen MR) is 104 cm³/mol. The number of carbonyl (C=O) groups is 2. The highest BCUT2D eigenvalue weighted by Crippen LogP contribution is 2.21. The largest absolute Gasteiger partial charge is 0.353 e. The summed E-state index contributed by atoms with van der Waals surface area (Å²) >= 11 is 0. The second kappa shape index (κ2) is 9.56. The molecule has 2 aliphatic rings. The highest BCUT2D eigenvalue weighted by atomic mass is 16.2. The van der Waals surface area contributed by atoms with E-state index in [2.05, 4.69) is 5.32 Å². The minimum atomic E-state index is 0.0384. The van der Waals surface area contributed by atoms with Gasteiger partial charge in [0.15, 0.2) is 0 Å². The first-order valence-electron chi connectivity index (χ1n) is 10.0. The topological polar surface area (TPSA) is 49.4 Å². The Labute approximate surface area is 156 Å². The molecule has 1 saturated carbocycles. The molecule has 0 radical (unpaired) electrons. The van der Waals surface area contributed by atoms with Crippen molar-refractivity contribution in [2.45, 2.75) is 57.4 Å². The van der Waals surface area contributed by atoms with E-state index in [0.29, 0.717) is 19.1 Å². The van der Waals surface area contributed by atoms with Gasteiger partial charge < -0.3 is 10.2 Å². The van der Waals surface area contributed by atoms with E-state index >= 15 is 0 Å². The van der Waals surface area contributed by atoms with E-state index in [1.807, 2.05) is 41.3 Å². The maximum Gasteiger partial charge on any atom is 0.246 e. The second-order valence-electron chi connectivity index (χ2n) is 7.54. The number of hydrogen-bond acceptors (Lipinski definition) is 2. The molecule has 1 aromatic rings. The van der Waals surface area contributed by atoms with Gasteiger partial charge in [0.2, 0.25) is 11.8 Å². The Morgan fingerprint density at radius 3 is 2.23 bits per heavy atom. The molecule has 1 aliphatic heterocycles. The molecular weight excluding hydrogens is 324 g/mol. The SMILES string of the molecule is O=C(NC1CCCCCC1)C1CCN(C(=O)/C=C/c2ccccc2)CC1. The van der Waals surface area contributed by atoms with Gasteiger partial charge >= 0.3 is 0 Å². The van der Waals surface area contributed by atoms with Crippen LogP contribution in [0.3, 0.4) is 0 Å². The molecule has 1 aliphatic carbocycles. The third kappa shape index (κ3) is 5.45. The van der Waals surface area contributed by atoms with Crippen molar-refractivity contribution in [1.29, 1.82) is 0 Å². The van der Waals surface area contributed by atoms with Crippen LogP contribution in [0.1, 0.15) is 56.9 Å². The Hall–Kier alpha value is -2.10. The predicted octanol–water partition coefficient (Wildman–Crippen LogP) is 3.78. The lowest BCUT2D eigenvalue weighted by atomic mass is 9.95. The highest BCUT2D eigenvalue weighted by molar-refractivity contribution is 5.92. The normalized spacial score (nSPS) is 20.1. The molecule has 2 fully saturated rings. The number of nitrogens with zero attached hydrogens (tertiary/aromatic N) is 1. The van der Waals surface area contributed by atoms with E-state index in [1.54, 1.807) is 6.08 Å². The summed E-state index contributed by atoms with van der Waals surface area (Å²) in [5.74, 6) is 0.292. The molecule has 2 amide bonds. The van der Waals surface area contributed by atoms with Crippen molar-refractivity contribution in [3.05, 3.63) is 42.0 Å². The first kappa shape index (κ1) is 18.7. The number of nitrogens with one attached hydrogen (secondary N) is 1. The first-order chi connectivity index (χ1) is 12.7. The van der Waals surface area contributed by atoms with Crippen LogP contribution in [0, 0.1) is 5.92 Å². The van der Waals surface area contributed by atoms with Gasteiger partial charge in [0.1, 0.15) is 0 Å². The molecule has 4 nitrogen and oxygen atoms in total. The van der Waals surface area contributed by atoms with Crippen molar-refractivity contribution in [3.63, 3.8) is 0 Å². The molecule has 1 aromatic carbocycles. The van der Waals surface area contributed by atoms with Gasteiger partial charge in [-0.05, 0) is 37.3 Å². The summed E-state index contributed by atoms with van der Waals surface area (Å²) in [5.41, 5.74) is 1.03. The third-order valence-electron chi connectivity index (χ3n) is 5.60. The molecule has 26 heavy (non-hydrogen) atoms. The maximum atomic E-state index is 12.5. The number of rotatable bonds is 4. The van der Waals surface area contributed by atoms with Crippen LogP contribution >= 0.6 is 0 Å². The van der Waals surface area contributed by atoms with E-state index in [0.717, 1.165) is 31.2 Å². The van der Waals surface area contributed by atoms with Gasteiger partial charge in [-0.1, -0.05) is 56.0 Å². The van der Waals surface area contributed by atoms with Crippen LogP contribution in [0.15, 0.2) is 36.4 Å². The molecule has 0 atom stereocenters. The van der Waals surface area contributed by atoms with E-state index in [4.69, 9.17) is 0 Å². The monoisotopic (exact) mass is 354 g/mol. The van der Waals surface area contributed by atoms with Crippen molar-refractivity contribution in [2.75, 3.05) is 13.1 Å². The zero-order valence-corrected chi connectivity index (χ0v) is 15.5. The lowest BCUT2D eigenvalue weighted by Crippen LogP contribution is -2.45. The van der Waals surface area contributed by atoms with Gasteiger partial charge in [-0.15, -0.1) is 0 Å². The van der Waals surface area contributed by atoms with Gasteiger partial charge in [0.05, 0.1) is 0 Å². The molecular formula is C22H30N2O2. The number of benzene rings is 1. The molecule has 3 rings (SSSR count). The van der Waals surface area contributed by atoms with E-state index < -0.39 is 0 Å². The number of carbonyl (C=O) groups excluding carboxylic acids is 2. The zero-order valence-electron chi connectivity index (χ0n) is 15.5. The molecule has 0 unspecified atom stereocenters. The van der Waals surface area contributed by atoms with E-state index in [9.17, 15) is 9.59 Å². The lowest BCUT2D eigenvalue weighted by Gasteiger charge is -2.31. The fourth-order valence-corrected chi connectivity index (χ4v) is 3.94. The Morgan fingerprint density at radius 2 is 1.58 bits per heavy atom. The number of hydrogen-bond donors (Lipinski definition) is 1. The summed E-state index contributed by atoms with van der Waals surface area (Å²) in [5, 5.41) is 3.26. The lowest BCUT2D eigenvalue weighted by molar-refractivity contribution is -0.132. The van der Waals surface area contributed by atoms with Crippen molar-refractivity contribution in [2.24, 2.45) is 5.92 Å². The number of likely N-dealkylation sites (tertiary alicyclic amines) is 1. The summed E-state index contributed by atoms with van der Waals surface area (Å²) in [6, 6.07) is 10.2. The van der Waals surface area contributed by atoms with Crippen molar-refractivity contribution in [3.8, 4) is 0 Å². The van der Waals surface area contributed by atoms with Crippen molar-refractivity contribution < 1.29 is 9.59 Å². The van der Waals surface area contributed by atoms with Crippen molar-refractivity contribution in [1.82, 2.24) is 10.2 Å². The number of piperidine rings is 1. The molecule has 0 bridgehead atoms. The average Bonchev–Trinajstić information content (AvgIpc) is 2.95. The van der Waals surface area contributed by atoms with E-state index in [-0.39, 0.29) is 17.7 Å². The molecule has 140 valence electrons. The Morgan fingerprint density at radius 1 is 0.923 bits per heavy atom. The summed E-state index contributed by atoms with van der Waals surface area (Å²) in [7, 11) is 0. The summed E-state index contributed by atoms with van der Waals surface area (Å²) in [4.78, 5) is 26.7. The third-order valence-corrected chi connectivity index (χ3v) is 5.60. The molecule has 4 heteroatoms. The quantitative estimate of drug-likeness (QED) is 0.661. The van der Waals surface area contributed by atoms with Crippen LogP contribution in [-0.2, 0) is 9.59 Å². The van der Waals surface area contributed by atoms with Crippen LogP contribution in [0.25, 0.3) is 6.08 Å². The minimum absolute atomic E-state index is 0.0384. The van der Waals surface area contributed by atoms with Crippen LogP contribution in [0.4, 0.5) is 0 Å². The van der Waals surface area contributed by atoms with Crippen LogP contribution < -0.4 is 5.32 Å². The fourth-order valence-electron chi connectivity index (χ4n) is 3.94. The summed E-state index contributed by atoms with van der Waals surface area (Å²) in [6.07, 6.45) is 12.3. The summed E-state index contributed by atoms with van der Waals surface area (Å²) < 4.78 is 0. The van der Waals surface area contributed by atoms with Gasteiger partial charge in [0.25, 0.3) is 0 Å². The molecule has 0 aromatic heterocycles. The Bertz CT molecular complexity index is 610. The van der Waals surface area contributed by atoms with Gasteiger partial charge in [-0.2, -0.15) is 0 Å². The molecule has 1 saturated heterocycles. The Balaban J connectivity index is 1.43. The second-order valence-corrected chi connectivity index (χ2v) is 7.54. The smallest absolute Gasteiger partial charge is 0.246 e. The van der Waals surface area contributed by atoms with Gasteiger partial charge in [0, 0.05) is 31.1 Å². The van der Waals surface area contributed by atoms with Crippen LogP contribution in [-0.4, -0.2) is 35.8 Å². The van der Waals surface area contributed by atoms with Crippen LogP contribution in [0.5, 0.6) is 0 Å². The Kier molecular flexibility index (Phi) is 6.87. The van der Waals surface area contributed by atoms with Crippen molar-refractivity contribution >= 4 is 17.9 Å². The molecule has 0 spiro atoms. The fraction of sp³-hybridized carbons (Fsp3) is 0.545. The molecule has 1 N–H and O–H groups in total. The summed E-state index contributed by atoms with van der Waals surface area (Å²) in [6.45, 7) is 1.33. The highest BCUT2D eigenvalue weighted by Gasteiger charge is 2.27. The van der Waals surface area contributed by atoms with Crippen LogP contribution in [0.2, 0.25) is 0 Å². The van der Waals surface area contributed by atoms with E-state index in [1.165, 1.54) is 25.7 Å². The standard InChI is InChI=1S/C22H30N2O2/c25-21(13-12-18-8-4-3-5-9-18)24-16-14-19(15-17-24)22(26)23-20-10-6-1-2-7-11-20/h3-5,8-9,12-13,19-20H,1-2,6-7,10-11,14-17H2,(H,23,26)/b13-12+. The maximum absolute atomic E-state index is 12.5.